The Kier molecular flexibility index (Phi) is 1.34. The molecule has 1 heterocycles. The van der Waals surface area contributed by atoms with E-state index >= 15 is 0 Å². The highest BCUT2D eigenvalue weighted by molar-refractivity contribution is 7.99. The first kappa shape index (κ1) is 4.43. The molecule has 36 valence electrons. The van der Waals surface area contributed by atoms with Gasteiger partial charge in [-0.05, 0) is 0 Å². The van der Waals surface area contributed by atoms with Crippen LogP contribution >= 0.6 is 11.8 Å². The second-order valence-electron chi connectivity index (χ2n) is 1.18. The van der Waals surface area contributed by atoms with E-state index in [2.05, 4.69) is 5.32 Å². The van der Waals surface area contributed by atoms with Crippen molar-refractivity contribution in [2.45, 2.75) is 5.56 Å². The monoisotopic (exact) mass is 105 g/mol. The highest BCUT2D eigenvalue weighted by Crippen LogP contribution is 2.08. The molecule has 0 aromatic rings. The summed E-state index contributed by atoms with van der Waals surface area (Å²) in [6.07, 6.45) is 0. The molecule has 2 nitrogen and oxygen atoms in total. The minimum atomic E-state index is -0.287. The Morgan fingerprint density at radius 3 is 2.83 bits per heavy atom. The molecule has 0 aromatic carbocycles. The third-order valence-electron chi connectivity index (χ3n) is 0.697. The van der Waals surface area contributed by atoms with E-state index in [-0.39, 0.29) is 5.56 Å². The second-order valence-corrected chi connectivity index (χ2v) is 2.37. The lowest BCUT2D eigenvalue weighted by atomic mass is 10.8. The van der Waals surface area contributed by atoms with Gasteiger partial charge in [-0.15, -0.1) is 11.8 Å². The predicted octanol–water partition coefficient (Wildman–Crippen LogP) is -0.401. The molecule has 1 aliphatic rings. The van der Waals surface area contributed by atoms with Crippen molar-refractivity contribution in [3.05, 3.63) is 0 Å². The van der Waals surface area contributed by atoms with Crippen molar-refractivity contribution in [1.82, 2.24) is 5.32 Å². The molecule has 1 unspecified atom stereocenters. The van der Waals surface area contributed by atoms with Crippen LogP contribution in [0.15, 0.2) is 0 Å². The van der Waals surface area contributed by atoms with E-state index < -0.39 is 0 Å². The van der Waals surface area contributed by atoms with Gasteiger partial charge in [-0.25, -0.2) is 0 Å². The largest absolute Gasteiger partial charge is 0.369 e. The van der Waals surface area contributed by atoms with Crippen LogP contribution in [-0.2, 0) is 0 Å². The Bertz CT molecular complexity index is 44.1. The van der Waals surface area contributed by atoms with Crippen LogP contribution in [0.5, 0.6) is 0 Å². The second kappa shape index (κ2) is 1.82. The van der Waals surface area contributed by atoms with Gasteiger partial charge in [-0.2, -0.15) is 0 Å². The van der Waals surface area contributed by atoms with Gasteiger partial charge in [0.25, 0.3) is 0 Å². The molecule has 1 rings (SSSR count). The van der Waals surface area contributed by atoms with Gasteiger partial charge in [0.1, 0.15) is 0 Å². The number of hydrogen-bond acceptors (Lipinski definition) is 3. The normalized spacial score (nSPS) is 34.5. The van der Waals surface area contributed by atoms with Crippen LogP contribution in [0.4, 0.5) is 0 Å². The zero-order chi connectivity index (χ0) is 4.41. The van der Waals surface area contributed by atoms with Gasteiger partial charge in [0.15, 0.2) is 5.56 Å². The highest BCUT2D eigenvalue weighted by Gasteiger charge is 2.07. The Labute approximate surface area is 40.9 Å². The highest BCUT2D eigenvalue weighted by atomic mass is 32.2. The number of hydrogen-bond donors (Lipinski definition) is 2. The predicted molar refractivity (Wildman–Crippen MR) is 26.5 cm³/mol. The summed E-state index contributed by atoms with van der Waals surface area (Å²) >= 11 is 1.54. The smallest absolute Gasteiger partial charge is 0.153 e. The summed E-state index contributed by atoms with van der Waals surface area (Å²) in [5.74, 6) is 1.04. The van der Waals surface area contributed by atoms with E-state index in [0.29, 0.717) is 0 Å². The summed E-state index contributed by atoms with van der Waals surface area (Å²) in [5, 5.41) is 11.4. The number of nitrogens with one attached hydrogen (secondary N) is 1. The van der Waals surface area contributed by atoms with Crippen LogP contribution < -0.4 is 5.32 Å². The van der Waals surface area contributed by atoms with E-state index in [9.17, 15) is 0 Å². The molecule has 2 N–H and O–H groups in total. The summed E-state index contributed by atoms with van der Waals surface area (Å²) in [4.78, 5) is 0. The Balaban J connectivity index is 2.18. The van der Waals surface area contributed by atoms with Crippen LogP contribution in [0, 0.1) is 0 Å². The molecular weight excluding hydrogens is 98.1 g/mol. The lowest BCUT2D eigenvalue weighted by Crippen LogP contribution is -2.17. The molecule has 1 aliphatic heterocycles. The lowest BCUT2D eigenvalue weighted by Gasteiger charge is -1.93. The molecule has 0 bridgehead atoms. The number of aliphatic hydroxyl groups excluding tert-OH is 1. The quantitative estimate of drug-likeness (QED) is 0.439. The molecule has 0 radical (unpaired) electrons. The van der Waals surface area contributed by atoms with E-state index in [1.165, 1.54) is 0 Å². The summed E-state index contributed by atoms with van der Waals surface area (Å²) in [7, 11) is 0. The average Bonchev–Trinajstić information content (AvgIpc) is 1.86. The minimum absolute atomic E-state index is 0.287. The first-order valence-corrected chi connectivity index (χ1v) is 2.97. The summed E-state index contributed by atoms with van der Waals surface area (Å²) in [6, 6.07) is 0. The van der Waals surface area contributed by atoms with Crippen molar-refractivity contribution in [2.75, 3.05) is 12.3 Å². The Morgan fingerprint density at radius 1 is 1.83 bits per heavy atom. The first-order valence-electron chi connectivity index (χ1n) is 1.92. The maximum absolute atomic E-state index is 8.58. The maximum Gasteiger partial charge on any atom is 0.153 e. The van der Waals surface area contributed by atoms with Gasteiger partial charge in [0, 0.05) is 12.3 Å². The van der Waals surface area contributed by atoms with Crippen molar-refractivity contribution >= 4 is 11.8 Å². The number of aliphatic hydroxyl groups is 1. The van der Waals surface area contributed by atoms with Crippen molar-refractivity contribution in [2.24, 2.45) is 0 Å². The van der Waals surface area contributed by atoms with Crippen molar-refractivity contribution in [3.8, 4) is 0 Å². The molecule has 0 amide bonds. The minimum Gasteiger partial charge on any atom is -0.369 e. The van der Waals surface area contributed by atoms with Gasteiger partial charge in [-0.1, -0.05) is 0 Å². The fourth-order valence-corrected chi connectivity index (χ4v) is 1.11. The molecule has 6 heavy (non-hydrogen) atoms. The zero-order valence-electron chi connectivity index (χ0n) is 3.35. The van der Waals surface area contributed by atoms with Gasteiger partial charge >= 0.3 is 0 Å². The van der Waals surface area contributed by atoms with Gasteiger partial charge in [0.2, 0.25) is 0 Å². The van der Waals surface area contributed by atoms with E-state index in [1.807, 2.05) is 0 Å². The molecule has 1 fully saturated rings. The van der Waals surface area contributed by atoms with Crippen molar-refractivity contribution in [3.63, 3.8) is 0 Å². The molecule has 0 aliphatic carbocycles. The van der Waals surface area contributed by atoms with Crippen LogP contribution in [0.25, 0.3) is 0 Å². The first-order chi connectivity index (χ1) is 2.89. The van der Waals surface area contributed by atoms with Gasteiger partial charge in [0.05, 0.1) is 0 Å². The average molecular weight is 105 g/mol. The standard InChI is InChI=1S/C3H7NOS/c5-3-4-1-2-6-3/h3-5H,1-2H2. The molecule has 0 spiro atoms. The fraction of sp³-hybridized carbons (Fsp3) is 1.00. The molecular formula is C3H7NOS. The van der Waals surface area contributed by atoms with Crippen LogP contribution in [0.2, 0.25) is 0 Å². The van der Waals surface area contributed by atoms with E-state index in [1.54, 1.807) is 11.8 Å². The van der Waals surface area contributed by atoms with E-state index in [4.69, 9.17) is 5.11 Å². The van der Waals surface area contributed by atoms with E-state index in [0.717, 1.165) is 12.3 Å². The Hall–Kier alpha value is 0.270. The fourth-order valence-electron chi connectivity index (χ4n) is 0.412. The molecule has 0 aromatic heterocycles. The lowest BCUT2D eigenvalue weighted by molar-refractivity contribution is 0.237. The number of rotatable bonds is 0. The third-order valence-corrected chi connectivity index (χ3v) is 1.62. The molecule has 0 saturated carbocycles. The SMILES string of the molecule is OC1NCCS1. The summed E-state index contributed by atoms with van der Waals surface area (Å²) in [6.45, 7) is 0.950. The van der Waals surface area contributed by atoms with Crippen molar-refractivity contribution < 1.29 is 5.11 Å². The maximum atomic E-state index is 8.58. The summed E-state index contributed by atoms with van der Waals surface area (Å²) in [5.41, 5.74) is -0.287. The third kappa shape index (κ3) is 0.864. The Morgan fingerprint density at radius 2 is 2.67 bits per heavy atom. The van der Waals surface area contributed by atoms with Gasteiger partial charge in [-0.3, -0.25) is 5.32 Å². The van der Waals surface area contributed by atoms with Crippen molar-refractivity contribution in [1.29, 1.82) is 0 Å². The van der Waals surface area contributed by atoms with Gasteiger partial charge < -0.3 is 5.11 Å². The zero-order valence-corrected chi connectivity index (χ0v) is 4.16. The molecule has 3 heteroatoms. The molecule has 1 atom stereocenters. The number of thioether (sulfide) groups is 1. The topological polar surface area (TPSA) is 32.3 Å². The van der Waals surface area contributed by atoms with Crippen LogP contribution in [0.3, 0.4) is 0 Å². The van der Waals surface area contributed by atoms with Crippen LogP contribution in [-0.4, -0.2) is 23.0 Å². The van der Waals surface area contributed by atoms with Crippen LogP contribution in [0.1, 0.15) is 0 Å². The summed E-state index contributed by atoms with van der Waals surface area (Å²) < 4.78 is 0. The molecule has 1 saturated heterocycles.